The van der Waals surface area contributed by atoms with Crippen LogP contribution >= 0.6 is 11.6 Å². The van der Waals surface area contributed by atoms with Crippen LogP contribution in [0.3, 0.4) is 0 Å². The summed E-state index contributed by atoms with van der Waals surface area (Å²) >= 11 is 5.86. The van der Waals surface area contributed by atoms with Gasteiger partial charge in [-0.15, -0.1) is 0 Å². The quantitative estimate of drug-likeness (QED) is 0.850. The van der Waals surface area contributed by atoms with Crippen molar-refractivity contribution in [3.8, 4) is 0 Å². The Morgan fingerprint density at radius 1 is 1.38 bits per heavy atom. The zero-order valence-electron chi connectivity index (χ0n) is 11.7. The molecule has 110 valence electrons. The number of rotatable bonds is 4. The molecule has 1 amide bonds. The van der Waals surface area contributed by atoms with Gasteiger partial charge in [0.2, 0.25) is 0 Å². The minimum atomic E-state index is -0.474. The summed E-state index contributed by atoms with van der Waals surface area (Å²) in [5.74, 6) is -0.820. The average molecular weight is 307 g/mol. The van der Waals surface area contributed by atoms with Crippen LogP contribution in [0.15, 0.2) is 30.5 Å². The highest BCUT2D eigenvalue weighted by Crippen LogP contribution is 2.21. The Balaban J connectivity index is 2.24. The van der Waals surface area contributed by atoms with Gasteiger partial charge >= 0.3 is 5.97 Å². The van der Waals surface area contributed by atoms with Gasteiger partial charge in [0.05, 0.1) is 12.3 Å². The smallest absolute Gasteiger partial charge is 0.342 e. The zero-order valence-corrected chi connectivity index (χ0v) is 12.5. The van der Waals surface area contributed by atoms with Crippen LogP contribution in [0, 0.1) is 6.92 Å². The van der Waals surface area contributed by atoms with Crippen molar-refractivity contribution >= 4 is 29.2 Å². The molecule has 1 aromatic carbocycles. The summed E-state index contributed by atoms with van der Waals surface area (Å²) in [4.78, 5) is 27.0. The number of hydrogen-bond acceptors (Lipinski definition) is 3. The number of carbonyl (C=O) groups excluding carboxylic acids is 2. The molecule has 0 aliphatic carbocycles. The summed E-state index contributed by atoms with van der Waals surface area (Å²) in [6.45, 7) is 3.73. The van der Waals surface area contributed by atoms with Crippen molar-refractivity contribution in [3.05, 3.63) is 52.3 Å². The molecule has 0 unspecified atom stereocenters. The largest absolute Gasteiger partial charge is 0.462 e. The SMILES string of the molecule is CCOC(=O)c1c(NC(=O)c2cccc(Cl)c2)c[nH]c1C. The molecule has 0 saturated heterocycles. The molecular weight excluding hydrogens is 292 g/mol. The number of nitrogens with one attached hydrogen (secondary N) is 2. The number of carbonyl (C=O) groups is 2. The maximum Gasteiger partial charge on any atom is 0.342 e. The van der Waals surface area contributed by atoms with E-state index in [1.807, 2.05) is 0 Å². The van der Waals surface area contributed by atoms with Gasteiger partial charge in [-0.2, -0.15) is 0 Å². The van der Waals surface area contributed by atoms with E-state index in [2.05, 4.69) is 10.3 Å². The van der Waals surface area contributed by atoms with Crippen LogP contribution in [0.2, 0.25) is 5.02 Å². The fourth-order valence-electron chi connectivity index (χ4n) is 1.92. The second kappa shape index (κ2) is 6.45. The molecule has 0 bridgehead atoms. The van der Waals surface area contributed by atoms with Crippen LogP contribution < -0.4 is 5.32 Å². The average Bonchev–Trinajstić information content (AvgIpc) is 2.80. The molecule has 1 aromatic heterocycles. The van der Waals surface area contributed by atoms with Crippen molar-refractivity contribution in [2.24, 2.45) is 0 Å². The van der Waals surface area contributed by atoms with Gasteiger partial charge < -0.3 is 15.0 Å². The summed E-state index contributed by atoms with van der Waals surface area (Å²) in [7, 11) is 0. The zero-order chi connectivity index (χ0) is 15.4. The molecule has 2 N–H and O–H groups in total. The van der Waals surface area contributed by atoms with Gasteiger partial charge in [-0.05, 0) is 32.0 Å². The molecule has 0 spiro atoms. The molecule has 2 aromatic rings. The number of aromatic amines is 1. The van der Waals surface area contributed by atoms with Crippen molar-refractivity contribution in [3.63, 3.8) is 0 Å². The van der Waals surface area contributed by atoms with Crippen molar-refractivity contribution < 1.29 is 14.3 Å². The summed E-state index contributed by atoms with van der Waals surface area (Å²) < 4.78 is 4.98. The number of anilines is 1. The fraction of sp³-hybridized carbons (Fsp3) is 0.200. The molecule has 0 atom stereocenters. The molecule has 5 nitrogen and oxygen atoms in total. The first-order valence-corrected chi connectivity index (χ1v) is 6.82. The molecule has 0 saturated carbocycles. The van der Waals surface area contributed by atoms with Crippen LogP contribution in [0.5, 0.6) is 0 Å². The second-order valence-electron chi connectivity index (χ2n) is 4.39. The Labute approximate surface area is 127 Å². The fourth-order valence-corrected chi connectivity index (χ4v) is 2.11. The third kappa shape index (κ3) is 3.44. The molecule has 2 rings (SSSR count). The lowest BCUT2D eigenvalue weighted by Gasteiger charge is -2.07. The maximum atomic E-state index is 12.2. The summed E-state index contributed by atoms with van der Waals surface area (Å²) in [5.41, 5.74) is 1.76. The van der Waals surface area contributed by atoms with Gasteiger partial charge in [0.1, 0.15) is 5.56 Å². The summed E-state index contributed by atoms with van der Waals surface area (Å²) in [6, 6.07) is 6.57. The number of aromatic nitrogens is 1. The lowest BCUT2D eigenvalue weighted by atomic mass is 10.2. The predicted octanol–water partition coefficient (Wildman–Crippen LogP) is 3.41. The van der Waals surface area contributed by atoms with Crippen LogP contribution in [-0.2, 0) is 4.74 Å². The van der Waals surface area contributed by atoms with Crippen LogP contribution in [-0.4, -0.2) is 23.5 Å². The monoisotopic (exact) mass is 306 g/mol. The summed E-state index contributed by atoms with van der Waals surface area (Å²) in [6.07, 6.45) is 1.56. The van der Waals surface area contributed by atoms with Crippen LogP contribution in [0.25, 0.3) is 0 Å². The molecule has 0 aliphatic rings. The van der Waals surface area contributed by atoms with E-state index in [0.717, 1.165) is 0 Å². The maximum absolute atomic E-state index is 12.2. The van der Waals surface area contributed by atoms with E-state index in [1.54, 1.807) is 44.3 Å². The van der Waals surface area contributed by atoms with Crippen molar-refractivity contribution in [2.75, 3.05) is 11.9 Å². The van der Waals surface area contributed by atoms with Gasteiger partial charge in [-0.3, -0.25) is 4.79 Å². The Bertz CT molecular complexity index is 679. The molecule has 21 heavy (non-hydrogen) atoms. The van der Waals surface area contributed by atoms with Crippen molar-refractivity contribution in [1.82, 2.24) is 4.98 Å². The highest BCUT2D eigenvalue weighted by molar-refractivity contribution is 6.31. The molecule has 6 heteroatoms. The Hall–Kier alpha value is -2.27. The molecular formula is C15H15ClN2O3. The summed E-state index contributed by atoms with van der Waals surface area (Å²) in [5, 5.41) is 3.16. The lowest BCUT2D eigenvalue weighted by molar-refractivity contribution is 0.0527. The lowest BCUT2D eigenvalue weighted by Crippen LogP contribution is -2.15. The van der Waals surface area contributed by atoms with Crippen LogP contribution in [0.4, 0.5) is 5.69 Å². The second-order valence-corrected chi connectivity index (χ2v) is 4.82. The first kappa shape index (κ1) is 15.1. The Kier molecular flexibility index (Phi) is 4.65. The van der Waals surface area contributed by atoms with Crippen LogP contribution in [0.1, 0.15) is 33.3 Å². The van der Waals surface area contributed by atoms with E-state index in [1.165, 1.54) is 0 Å². The van der Waals surface area contributed by atoms with Crippen molar-refractivity contribution in [2.45, 2.75) is 13.8 Å². The highest BCUT2D eigenvalue weighted by atomic mass is 35.5. The highest BCUT2D eigenvalue weighted by Gasteiger charge is 2.19. The van der Waals surface area contributed by atoms with Gasteiger partial charge in [-0.25, -0.2) is 4.79 Å². The minimum Gasteiger partial charge on any atom is -0.462 e. The van der Waals surface area contributed by atoms with E-state index < -0.39 is 5.97 Å². The molecule has 1 heterocycles. The van der Waals surface area contributed by atoms with E-state index in [-0.39, 0.29) is 12.5 Å². The first-order valence-electron chi connectivity index (χ1n) is 6.45. The standard InChI is InChI=1S/C15H15ClN2O3/c1-3-21-15(20)13-9(2)17-8-12(13)18-14(19)10-5-4-6-11(16)7-10/h4-8,17H,3H2,1-2H3,(H,18,19). The number of hydrogen-bond donors (Lipinski definition) is 2. The third-order valence-electron chi connectivity index (χ3n) is 2.89. The number of aryl methyl sites for hydroxylation is 1. The van der Waals surface area contributed by atoms with Gasteiger partial charge in [-0.1, -0.05) is 17.7 Å². The number of halogens is 1. The predicted molar refractivity (Wildman–Crippen MR) is 80.9 cm³/mol. The number of benzene rings is 1. The van der Waals surface area contributed by atoms with E-state index in [0.29, 0.717) is 27.5 Å². The van der Waals surface area contributed by atoms with E-state index >= 15 is 0 Å². The van der Waals surface area contributed by atoms with E-state index in [4.69, 9.17) is 16.3 Å². The third-order valence-corrected chi connectivity index (χ3v) is 3.13. The van der Waals surface area contributed by atoms with Gasteiger partial charge in [0.25, 0.3) is 5.91 Å². The van der Waals surface area contributed by atoms with Gasteiger partial charge in [0.15, 0.2) is 0 Å². The number of ether oxygens (including phenoxy) is 1. The normalized spacial score (nSPS) is 10.2. The van der Waals surface area contributed by atoms with Crippen molar-refractivity contribution in [1.29, 1.82) is 0 Å². The number of esters is 1. The van der Waals surface area contributed by atoms with E-state index in [9.17, 15) is 9.59 Å². The number of H-pyrrole nitrogens is 1. The molecule has 0 fully saturated rings. The molecule has 0 aliphatic heterocycles. The molecule has 0 radical (unpaired) electrons. The minimum absolute atomic E-state index is 0.269. The number of amides is 1. The Morgan fingerprint density at radius 3 is 2.81 bits per heavy atom. The first-order chi connectivity index (χ1) is 10.0. The van der Waals surface area contributed by atoms with Gasteiger partial charge in [0, 0.05) is 22.5 Å². The Morgan fingerprint density at radius 2 is 2.14 bits per heavy atom. The topological polar surface area (TPSA) is 71.2 Å².